The Balaban J connectivity index is 3.36. The Morgan fingerprint density at radius 3 is 2.15 bits per heavy atom. The molecule has 0 spiro atoms. The minimum Gasteiger partial charge on any atom is -0.310 e. The van der Waals surface area contributed by atoms with E-state index in [1.807, 2.05) is 25.0 Å². The van der Waals surface area contributed by atoms with Crippen LogP contribution in [-0.4, -0.2) is 40.4 Å². The number of hydrogen-bond donors (Lipinski definition) is 1. The maximum atomic E-state index is 4.39. The number of aryl methyl sites for hydroxylation is 1. The van der Waals surface area contributed by atoms with Crippen LogP contribution in [0, 0.1) is 0 Å². The third-order valence-electron chi connectivity index (χ3n) is 4.65. The van der Waals surface area contributed by atoms with E-state index in [1.54, 1.807) is 0 Å². The number of hydrogen-bond acceptors (Lipinski definition) is 3. The van der Waals surface area contributed by atoms with Crippen molar-refractivity contribution < 1.29 is 0 Å². The van der Waals surface area contributed by atoms with Crippen LogP contribution in [0.1, 0.15) is 52.3 Å². The zero-order valence-corrected chi connectivity index (χ0v) is 15.3. The highest BCUT2D eigenvalue weighted by Crippen LogP contribution is 2.39. The molecule has 5 heteroatoms. The van der Waals surface area contributed by atoms with Gasteiger partial charge in [0.25, 0.3) is 0 Å². The van der Waals surface area contributed by atoms with Crippen molar-refractivity contribution in [3.63, 3.8) is 0 Å². The largest absolute Gasteiger partial charge is 0.310 e. The summed E-state index contributed by atoms with van der Waals surface area (Å²) < 4.78 is 3.06. The smallest absolute Gasteiger partial charge is 0.0711 e. The zero-order chi connectivity index (χ0) is 15.3. The van der Waals surface area contributed by atoms with Crippen LogP contribution in [0.3, 0.4) is 0 Å². The molecule has 1 N–H and O–H groups in total. The fourth-order valence-corrected chi connectivity index (χ4v) is 4.12. The van der Waals surface area contributed by atoms with Gasteiger partial charge in [-0.05, 0) is 48.9 Å². The predicted octanol–water partition coefficient (Wildman–Crippen LogP) is 3.34. The van der Waals surface area contributed by atoms with Crippen molar-refractivity contribution in [2.24, 2.45) is 7.05 Å². The number of nitrogens with one attached hydrogen (secondary N) is 1. The van der Waals surface area contributed by atoms with E-state index in [9.17, 15) is 0 Å². The summed E-state index contributed by atoms with van der Waals surface area (Å²) >= 11 is 3.66. The van der Waals surface area contributed by atoms with Gasteiger partial charge in [0.2, 0.25) is 0 Å². The lowest BCUT2D eigenvalue weighted by Gasteiger charge is -2.48. The minimum atomic E-state index is 0.106. The van der Waals surface area contributed by atoms with E-state index in [-0.39, 0.29) is 11.6 Å². The Morgan fingerprint density at radius 2 is 1.85 bits per heavy atom. The van der Waals surface area contributed by atoms with Gasteiger partial charge in [-0.2, -0.15) is 5.10 Å². The Hall–Kier alpha value is -0.390. The minimum absolute atomic E-state index is 0.106. The molecule has 20 heavy (non-hydrogen) atoms. The first-order chi connectivity index (χ1) is 9.52. The molecule has 0 aliphatic heterocycles. The van der Waals surface area contributed by atoms with Gasteiger partial charge in [-0.15, -0.1) is 0 Å². The molecule has 0 amide bonds. The molecule has 0 saturated carbocycles. The lowest BCUT2D eigenvalue weighted by Crippen LogP contribution is -2.56. The number of nitrogens with zero attached hydrogens (tertiary/aromatic N) is 3. The molecule has 0 bridgehead atoms. The summed E-state index contributed by atoms with van der Waals surface area (Å²) in [5, 5.41) is 7.93. The topological polar surface area (TPSA) is 33.1 Å². The molecule has 1 aromatic heterocycles. The van der Waals surface area contributed by atoms with Crippen LogP contribution < -0.4 is 5.32 Å². The van der Waals surface area contributed by atoms with Crippen LogP contribution in [0.2, 0.25) is 0 Å². The van der Waals surface area contributed by atoms with Crippen LogP contribution >= 0.6 is 15.9 Å². The monoisotopic (exact) mass is 344 g/mol. The lowest BCUT2D eigenvalue weighted by molar-refractivity contribution is 0.0484. The first kappa shape index (κ1) is 17.7. The Bertz CT molecular complexity index is 389. The Morgan fingerprint density at radius 1 is 1.30 bits per heavy atom. The quantitative estimate of drug-likeness (QED) is 0.784. The Labute approximate surface area is 132 Å². The molecule has 4 nitrogen and oxygen atoms in total. The van der Waals surface area contributed by atoms with Crippen molar-refractivity contribution in [3.05, 3.63) is 16.4 Å². The van der Waals surface area contributed by atoms with Gasteiger partial charge in [-0.3, -0.25) is 9.58 Å². The molecule has 116 valence electrons. The summed E-state index contributed by atoms with van der Waals surface area (Å²) in [5.41, 5.74) is 1.33. The van der Waals surface area contributed by atoms with E-state index in [2.05, 4.69) is 58.9 Å². The van der Waals surface area contributed by atoms with Gasteiger partial charge in [-0.1, -0.05) is 27.7 Å². The number of likely N-dealkylation sites (N-methyl/N-ethyl adjacent to an activating group) is 2. The van der Waals surface area contributed by atoms with Crippen LogP contribution in [0.25, 0.3) is 0 Å². The third kappa shape index (κ3) is 2.95. The van der Waals surface area contributed by atoms with Gasteiger partial charge >= 0.3 is 0 Å². The number of halogens is 1. The fourth-order valence-electron chi connectivity index (χ4n) is 3.55. The van der Waals surface area contributed by atoms with E-state index in [0.29, 0.717) is 0 Å². The Kier molecular flexibility index (Phi) is 6.69. The number of aromatic nitrogens is 2. The molecular weight excluding hydrogens is 316 g/mol. The van der Waals surface area contributed by atoms with Crippen LogP contribution in [0.15, 0.2) is 10.7 Å². The van der Waals surface area contributed by atoms with Crippen molar-refractivity contribution in [1.29, 1.82) is 0 Å². The van der Waals surface area contributed by atoms with E-state index >= 15 is 0 Å². The molecule has 0 aromatic carbocycles. The summed E-state index contributed by atoms with van der Waals surface area (Å²) in [5.74, 6) is 0. The average Bonchev–Trinajstić information content (AvgIpc) is 2.79. The van der Waals surface area contributed by atoms with Gasteiger partial charge in [0.05, 0.1) is 22.4 Å². The van der Waals surface area contributed by atoms with Gasteiger partial charge < -0.3 is 5.32 Å². The van der Waals surface area contributed by atoms with Gasteiger partial charge in [0, 0.05) is 12.6 Å². The second-order valence-electron chi connectivity index (χ2n) is 5.21. The van der Waals surface area contributed by atoms with E-state index in [1.165, 1.54) is 5.69 Å². The predicted molar refractivity (Wildman–Crippen MR) is 88.9 cm³/mol. The molecular formula is C15H29BrN4. The van der Waals surface area contributed by atoms with E-state index in [0.717, 1.165) is 30.4 Å². The van der Waals surface area contributed by atoms with Crippen molar-refractivity contribution in [2.75, 3.05) is 20.1 Å². The van der Waals surface area contributed by atoms with E-state index in [4.69, 9.17) is 0 Å². The molecule has 0 fully saturated rings. The molecule has 0 aliphatic rings. The molecule has 0 saturated heterocycles. The zero-order valence-electron chi connectivity index (χ0n) is 13.7. The summed E-state index contributed by atoms with van der Waals surface area (Å²) in [6, 6.07) is 0.249. The molecule has 1 rings (SSSR count). The maximum absolute atomic E-state index is 4.39. The molecule has 1 aromatic rings. The number of rotatable bonds is 8. The summed E-state index contributed by atoms with van der Waals surface area (Å²) in [6.45, 7) is 11.2. The second-order valence-corrected chi connectivity index (χ2v) is 6.06. The fraction of sp³-hybridized carbons (Fsp3) is 0.800. The summed E-state index contributed by atoms with van der Waals surface area (Å²) in [7, 11) is 4.07. The first-order valence-corrected chi connectivity index (χ1v) is 8.41. The highest BCUT2D eigenvalue weighted by atomic mass is 79.9. The van der Waals surface area contributed by atoms with E-state index < -0.39 is 0 Å². The molecule has 0 aliphatic carbocycles. The summed E-state index contributed by atoms with van der Waals surface area (Å²) in [4.78, 5) is 2.58. The highest BCUT2D eigenvalue weighted by molar-refractivity contribution is 9.10. The van der Waals surface area contributed by atoms with Crippen LogP contribution in [0.5, 0.6) is 0 Å². The standard InChI is InChI=1S/C15H29BrN4/c1-7-15(8-2,20(9-3)10-4)14(17-5)13-12(16)11-18-19(13)6/h11,14,17H,7-10H2,1-6H3. The molecule has 1 unspecified atom stereocenters. The highest BCUT2D eigenvalue weighted by Gasteiger charge is 2.42. The van der Waals surface area contributed by atoms with Crippen molar-refractivity contribution in [1.82, 2.24) is 20.0 Å². The maximum Gasteiger partial charge on any atom is 0.0711 e. The molecule has 1 heterocycles. The van der Waals surface area contributed by atoms with Gasteiger partial charge in [-0.25, -0.2) is 0 Å². The van der Waals surface area contributed by atoms with Gasteiger partial charge in [0.1, 0.15) is 0 Å². The summed E-state index contributed by atoms with van der Waals surface area (Å²) in [6.07, 6.45) is 4.10. The molecule has 1 atom stereocenters. The SMILES string of the molecule is CCN(CC)C(CC)(CC)C(NC)c1c(Br)cnn1C. The van der Waals surface area contributed by atoms with Crippen molar-refractivity contribution in [2.45, 2.75) is 52.1 Å². The van der Waals surface area contributed by atoms with Gasteiger partial charge in [0.15, 0.2) is 0 Å². The third-order valence-corrected chi connectivity index (χ3v) is 5.27. The normalized spacial score (nSPS) is 14.0. The first-order valence-electron chi connectivity index (χ1n) is 7.61. The van der Waals surface area contributed by atoms with Crippen LogP contribution in [0.4, 0.5) is 0 Å². The molecule has 0 radical (unpaired) electrons. The van der Waals surface area contributed by atoms with Crippen molar-refractivity contribution >= 4 is 15.9 Å². The second kappa shape index (κ2) is 7.57. The van der Waals surface area contributed by atoms with Crippen LogP contribution in [-0.2, 0) is 7.05 Å². The van der Waals surface area contributed by atoms with Crippen molar-refractivity contribution in [3.8, 4) is 0 Å². The average molecular weight is 345 g/mol. The lowest BCUT2D eigenvalue weighted by atomic mass is 9.80.